The smallest absolute Gasteiger partial charge is 0.229 e. The van der Waals surface area contributed by atoms with Crippen LogP contribution in [-0.2, 0) is 4.79 Å². The normalized spacial score (nSPS) is 18.3. The molecule has 1 N–H and O–H groups in total. The third kappa shape index (κ3) is 3.05. The zero-order chi connectivity index (χ0) is 13.6. The minimum atomic E-state index is -0.127. The van der Waals surface area contributed by atoms with E-state index in [1.54, 1.807) is 0 Å². The van der Waals surface area contributed by atoms with Crippen LogP contribution in [0.15, 0.2) is 0 Å². The number of aliphatic hydroxyl groups excluding tert-OH is 1. The Balaban J connectivity index is 2.86. The summed E-state index contributed by atoms with van der Waals surface area (Å²) in [6, 6.07) is 0.286. The van der Waals surface area contributed by atoms with Gasteiger partial charge >= 0.3 is 0 Å². The van der Waals surface area contributed by atoms with Gasteiger partial charge in [0.25, 0.3) is 0 Å². The summed E-state index contributed by atoms with van der Waals surface area (Å²) in [5.74, 6) is 0.297. The molecule has 1 fully saturated rings. The van der Waals surface area contributed by atoms with Gasteiger partial charge < -0.3 is 10.0 Å². The average Bonchev–Trinajstić information content (AvgIpc) is 2.88. The maximum Gasteiger partial charge on any atom is 0.229 e. The Hall–Kier alpha value is -0.570. The summed E-state index contributed by atoms with van der Waals surface area (Å²) in [4.78, 5) is 14.8. The van der Waals surface area contributed by atoms with Crippen LogP contribution >= 0.6 is 0 Å². The number of carbonyl (C=O) groups is 1. The molecule has 18 heavy (non-hydrogen) atoms. The van der Waals surface area contributed by atoms with Gasteiger partial charge in [0.05, 0.1) is 6.61 Å². The Bertz CT molecular complexity index is 255. The van der Waals surface area contributed by atoms with Gasteiger partial charge in [-0.3, -0.25) is 4.79 Å². The topological polar surface area (TPSA) is 40.5 Å². The molecule has 106 valence electrons. The highest BCUT2D eigenvalue weighted by Gasteiger charge is 2.42. The molecule has 1 aliphatic rings. The van der Waals surface area contributed by atoms with E-state index >= 15 is 0 Å². The molecule has 0 bridgehead atoms. The zero-order valence-electron chi connectivity index (χ0n) is 12.2. The van der Waals surface area contributed by atoms with E-state index < -0.39 is 0 Å². The fourth-order valence-electron chi connectivity index (χ4n) is 3.36. The lowest BCUT2D eigenvalue weighted by atomic mass is 9.81. The Labute approximate surface area is 112 Å². The third-order valence-electron chi connectivity index (χ3n) is 4.68. The van der Waals surface area contributed by atoms with Crippen LogP contribution < -0.4 is 0 Å². The SMILES string of the molecule is CCC(CC)N(CCO)C(=O)C1(CC)CCCC1. The molecule has 1 rings (SSSR count). The van der Waals surface area contributed by atoms with E-state index in [1.165, 1.54) is 12.8 Å². The Morgan fingerprint density at radius 3 is 2.17 bits per heavy atom. The van der Waals surface area contributed by atoms with E-state index in [4.69, 9.17) is 0 Å². The highest BCUT2D eigenvalue weighted by atomic mass is 16.3. The zero-order valence-corrected chi connectivity index (χ0v) is 12.2. The number of nitrogens with zero attached hydrogens (tertiary/aromatic N) is 1. The van der Waals surface area contributed by atoms with Crippen LogP contribution in [0.3, 0.4) is 0 Å². The number of aliphatic hydroxyl groups is 1. The summed E-state index contributed by atoms with van der Waals surface area (Å²) in [6.45, 7) is 6.94. The summed E-state index contributed by atoms with van der Waals surface area (Å²) in [7, 11) is 0. The van der Waals surface area contributed by atoms with Crippen LogP contribution in [0.1, 0.15) is 65.7 Å². The molecule has 0 radical (unpaired) electrons. The van der Waals surface area contributed by atoms with Crippen LogP contribution in [-0.4, -0.2) is 35.1 Å². The van der Waals surface area contributed by atoms with Crippen molar-refractivity contribution < 1.29 is 9.90 Å². The quantitative estimate of drug-likeness (QED) is 0.760. The monoisotopic (exact) mass is 255 g/mol. The number of hydrogen-bond acceptors (Lipinski definition) is 2. The average molecular weight is 255 g/mol. The highest BCUT2D eigenvalue weighted by molar-refractivity contribution is 5.83. The number of carbonyl (C=O) groups excluding carboxylic acids is 1. The molecule has 0 atom stereocenters. The Morgan fingerprint density at radius 2 is 1.78 bits per heavy atom. The van der Waals surface area contributed by atoms with Gasteiger partial charge in [-0.25, -0.2) is 0 Å². The highest BCUT2D eigenvalue weighted by Crippen LogP contribution is 2.43. The summed E-state index contributed by atoms with van der Waals surface area (Å²) in [6.07, 6.45) is 7.30. The summed E-state index contributed by atoms with van der Waals surface area (Å²) >= 11 is 0. The van der Waals surface area contributed by atoms with E-state index in [0.717, 1.165) is 32.1 Å². The van der Waals surface area contributed by atoms with Crippen molar-refractivity contribution in [1.82, 2.24) is 4.90 Å². The molecule has 3 heteroatoms. The second-order valence-electron chi connectivity index (χ2n) is 5.53. The molecule has 0 saturated heterocycles. The molecule has 0 unspecified atom stereocenters. The van der Waals surface area contributed by atoms with Crippen molar-refractivity contribution in [2.24, 2.45) is 5.41 Å². The molecular formula is C15H29NO2. The molecule has 0 aromatic rings. The first-order valence-electron chi connectivity index (χ1n) is 7.57. The van der Waals surface area contributed by atoms with Crippen molar-refractivity contribution in [1.29, 1.82) is 0 Å². The Kier molecular flexibility index (Phi) is 6.13. The van der Waals surface area contributed by atoms with Crippen molar-refractivity contribution >= 4 is 5.91 Å². The number of amides is 1. The summed E-state index contributed by atoms with van der Waals surface area (Å²) in [5, 5.41) is 9.23. The van der Waals surface area contributed by atoms with Crippen molar-refractivity contribution in [3.05, 3.63) is 0 Å². The van der Waals surface area contributed by atoms with E-state index in [9.17, 15) is 9.90 Å². The first-order chi connectivity index (χ1) is 8.65. The maximum absolute atomic E-state index is 12.9. The molecule has 0 aliphatic heterocycles. The first kappa shape index (κ1) is 15.5. The van der Waals surface area contributed by atoms with Crippen LogP contribution in [0, 0.1) is 5.41 Å². The van der Waals surface area contributed by atoms with E-state index in [-0.39, 0.29) is 18.1 Å². The van der Waals surface area contributed by atoms with Crippen molar-refractivity contribution in [2.75, 3.05) is 13.2 Å². The molecule has 0 heterocycles. The van der Waals surface area contributed by atoms with Gasteiger partial charge in [0, 0.05) is 18.0 Å². The van der Waals surface area contributed by atoms with Crippen molar-refractivity contribution in [3.8, 4) is 0 Å². The minimum absolute atomic E-state index is 0.0715. The van der Waals surface area contributed by atoms with E-state index in [2.05, 4.69) is 20.8 Å². The fraction of sp³-hybridized carbons (Fsp3) is 0.933. The second-order valence-corrected chi connectivity index (χ2v) is 5.53. The van der Waals surface area contributed by atoms with E-state index in [0.29, 0.717) is 12.5 Å². The van der Waals surface area contributed by atoms with Gasteiger partial charge in [0.2, 0.25) is 5.91 Å². The maximum atomic E-state index is 12.9. The lowest BCUT2D eigenvalue weighted by Gasteiger charge is -2.38. The van der Waals surface area contributed by atoms with Crippen LogP contribution in [0.4, 0.5) is 0 Å². The van der Waals surface area contributed by atoms with Crippen LogP contribution in [0.2, 0.25) is 0 Å². The van der Waals surface area contributed by atoms with Crippen molar-refractivity contribution in [3.63, 3.8) is 0 Å². The predicted molar refractivity (Wildman–Crippen MR) is 74.4 cm³/mol. The molecule has 3 nitrogen and oxygen atoms in total. The second kappa shape index (κ2) is 7.13. The van der Waals surface area contributed by atoms with E-state index in [1.807, 2.05) is 4.90 Å². The molecule has 1 aliphatic carbocycles. The van der Waals surface area contributed by atoms with Gasteiger partial charge in [0.15, 0.2) is 0 Å². The van der Waals surface area contributed by atoms with Gasteiger partial charge in [-0.2, -0.15) is 0 Å². The third-order valence-corrected chi connectivity index (χ3v) is 4.68. The molecule has 1 saturated carbocycles. The minimum Gasteiger partial charge on any atom is -0.395 e. The van der Waals surface area contributed by atoms with Crippen LogP contribution in [0.5, 0.6) is 0 Å². The number of hydrogen-bond donors (Lipinski definition) is 1. The summed E-state index contributed by atoms with van der Waals surface area (Å²) < 4.78 is 0. The fourth-order valence-corrected chi connectivity index (χ4v) is 3.36. The van der Waals surface area contributed by atoms with Gasteiger partial charge in [-0.15, -0.1) is 0 Å². The Morgan fingerprint density at radius 1 is 1.22 bits per heavy atom. The standard InChI is InChI=1S/C15H29NO2/c1-4-13(5-2)16(11-12-17)14(18)15(6-3)9-7-8-10-15/h13,17H,4-12H2,1-3H3. The molecular weight excluding hydrogens is 226 g/mol. The molecule has 0 aromatic carbocycles. The molecule has 0 aromatic heterocycles. The molecule has 0 spiro atoms. The van der Waals surface area contributed by atoms with Gasteiger partial charge in [0.1, 0.15) is 0 Å². The number of rotatable bonds is 7. The first-order valence-corrected chi connectivity index (χ1v) is 7.57. The molecule has 1 amide bonds. The van der Waals surface area contributed by atoms with Gasteiger partial charge in [-0.05, 0) is 32.1 Å². The van der Waals surface area contributed by atoms with Gasteiger partial charge in [-0.1, -0.05) is 33.6 Å². The lowest BCUT2D eigenvalue weighted by Crippen LogP contribution is -2.48. The summed E-state index contributed by atoms with van der Waals surface area (Å²) in [5.41, 5.74) is -0.127. The predicted octanol–water partition coefficient (Wildman–Crippen LogP) is 2.97. The largest absolute Gasteiger partial charge is 0.395 e. The lowest BCUT2D eigenvalue weighted by molar-refractivity contribution is -0.145. The van der Waals surface area contributed by atoms with Crippen molar-refractivity contribution in [2.45, 2.75) is 71.8 Å². The van der Waals surface area contributed by atoms with Crippen LogP contribution in [0.25, 0.3) is 0 Å².